The summed E-state index contributed by atoms with van der Waals surface area (Å²) in [7, 11) is 0. The molecule has 1 unspecified atom stereocenters. The third kappa shape index (κ3) is 3.52. The van der Waals surface area contributed by atoms with Gasteiger partial charge in [-0.2, -0.15) is 0 Å². The lowest BCUT2D eigenvalue weighted by Gasteiger charge is -2.12. The van der Waals surface area contributed by atoms with E-state index in [9.17, 15) is 13.9 Å². The third-order valence-corrected chi connectivity index (χ3v) is 3.27. The maximum atomic E-state index is 13.5. The van der Waals surface area contributed by atoms with Crippen molar-refractivity contribution in [2.24, 2.45) is 0 Å². The average Bonchev–Trinajstić information content (AvgIpc) is 2.38. The molecule has 1 N–H and O–H groups in total. The molecule has 0 bridgehead atoms. The van der Waals surface area contributed by atoms with Gasteiger partial charge in [0.15, 0.2) is 11.6 Å². The SMILES string of the molecule is OC(Cc1ccccc1Cl)Cc1cccc(F)c1F. The number of hydrogen-bond acceptors (Lipinski definition) is 1. The first-order valence-electron chi connectivity index (χ1n) is 5.92. The fourth-order valence-electron chi connectivity index (χ4n) is 1.95. The quantitative estimate of drug-likeness (QED) is 0.905. The standard InChI is InChI=1S/C15H13ClF2O/c16-13-6-2-1-4-10(13)8-12(19)9-11-5-3-7-14(17)15(11)18/h1-7,12,19H,8-9H2. The minimum Gasteiger partial charge on any atom is -0.392 e. The van der Waals surface area contributed by atoms with Crippen molar-refractivity contribution in [3.05, 3.63) is 70.2 Å². The Kier molecular flexibility index (Phi) is 4.51. The Balaban J connectivity index is 2.08. The highest BCUT2D eigenvalue weighted by Gasteiger charge is 2.14. The molecular weight excluding hydrogens is 270 g/mol. The van der Waals surface area contributed by atoms with Crippen molar-refractivity contribution in [1.29, 1.82) is 0 Å². The van der Waals surface area contributed by atoms with E-state index in [0.29, 0.717) is 11.4 Å². The lowest BCUT2D eigenvalue weighted by molar-refractivity contribution is 0.174. The number of halogens is 3. The van der Waals surface area contributed by atoms with Crippen molar-refractivity contribution in [2.75, 3.05) is 0 Å². The van der Waals surface area contributed by atoms with Crippen molar-refractivity contribution < 1.29 is 13.9 Å². The van der Waals surface area contributed by atoms with Gasteiger partial charge in [-0.1, -0.05) is 41.9 Å². The smallest absolute Gasteiger partial charge is 0.162 e. The van der Waals surface area contributed by atoms with Gasteiger partial charge in [0, 0.05) is 17.9 Å². The predicted molar refractivity (Wildman–Crippen MR) is 71.2 cm³/mol. The Labute approximate surface area is 115 Å². The molecule has 4 heteroatoms. The zero-order chi connectivity index (χ0) is 13.8. The van der Waals surface area contributed by atoms with Gasteiger partial charge in [-0.05, 0) is 23.3 Å². The topological polar surface area (TPSA) is 20.2 Å². The molecule has 1 atom stereocenters. The molecule has 0 spiro atoms. The van der Waals surface area contributed by atoms with E-state index in [2.05, 4.69) is 0 Å². The van der Waals surface area contributed by atoms with Crippen LogP contribution >= 0.6 is 11.6 Å². The minimum atomic E-state index is -0.902. The highest BCUT2D eigenvalue weighted by atomic mass is 35.5. The van der Waals surface area contributed by atoms with E-state index in [1.165, 1.54) is 12.1 Å². The summed E-state index contributed by atoms with van der Waals surface area (Å²) in [4.78, 5) is 0. The van der Waals surface area contributed by atoms with Crippen LogP contribution in [0.25, 0.3) is 0 Å². The van der Waals surface area contributed by atoms with E-state index < -0.39 is 17.7 Å². The Bertz CT molecular complexity index is 572. The first-order valence-corrected chi connectivity index (χ1v) is 6.30. The number of aliphatic hydroxyl groups excluding tert-OH is 1. The summed E-state index contributed by atoms with van der Waals surface area (Å²) < 4.78 is 26.5. The summed E-state index contributed by atoms with van der Waals surface area (Å²) in [5, 5.41) is 10.5. The Morgan fingerprint density at radius 1 is 0.947 bits per heavy atom. The lowest BCUT2D eigenvalue weighted by Crippen LogP contribution is -2.15. The minimum absolute atomic E-state index is 0.0504. The fourth-order valence-corrected chi connectivity index (χ4v) is 2.16. The molecule has 100 valence electrons. The second kappa shape index (κ2) is 6.13. The van der Waals surface area contributed by atoms with Crippen LogP contribution in [0.4, 0.5) is 8.78 Å². The molecule has 0 aromatic heterocycles. The maximum Gasteiger partial charge on any atom is 0.162 e. The van der Waals surface area contributed by atoms with E-state index in [1.807, 2.05) is 6.07 Å². The number of aliphatic hydroxyl groups is 1. The highest BCUT2D eigenvalue weighted by molar-refractivity contribution is 6.31. The molecule has 2 rings (SSSR count). The van der Waals surface area contributed by atoms with Gasteiger partial charge in [-0.15, -0.1) is 0 Å². The van der Waals surface area contributed by atoms with Crippen LogP contribution in [-0.4, -0.2) is 11.2 Å². The molecular formula is C15H13ClF2O. The molecule has 0 saturated carbocycles. The molecule has 0 radical (unpaired) electrons. The van der Waals surface area contributed by atoms with Gasteiger partial charge in [-0.3, -0.25) is 0 Å². The molecule has 0 heterocycles. The first-order chi connectivity index (χ1) is 9.08. The molecule has 2 aromatic carbocycles. The lowest BCUT2D eigenvalue weighted by atomic mass is 10.0. The van der Waals surface area contributed by atoms with Crippen molar-refractivity contribution >= 4 is 11.6 Å². The molecule has 0 amide bonds. The second-order valence-electron chi connectivity index (χ2n) is 4.37. The number of rotatable bonds is 4. The predicted octanol–water partition coefficient (Wildman–Crippen LogP) is 3.76. The molecule has 2 aromatic rings. The van der Waals surface area contributed by atoms with Crippen molar-refractivity contribution in [2.45, 2.75) is 18.9 Å². The first kappa shape index (κ1) is 14.0. The van der Waals surface area contributed by atoms with E-state index >= 15 is 0 Å². The van der Waals surface area contributed by atoms with Gasteiger partial charge in [0.05, 0.1) is 6.10 Å². The van der Waals surface area contributed by atoms with Crippen LogP contribution in [0.15, 0.2) is 42.5 Å². The molecule has 0 aliphatic rings. The van der Waals surface area contributed by atoms with Gasteiger partial charge in [-0.25, -0.2) is 8.78 Å². The van der Waals surface area contributed by atoms with Gasteiger partial charge in [0.1, 0.15) is 0 Å². The van der Waals surface area contributed by atoms with E-state index in [4.69, 9.17) is 11.6 Å². The Hall–Kier alpha value is -1.45. The number of hydrogen-bond donors (Lipinski definition) is 1. The van der Waals surface area contributed by atoms with E-state index in [1.54, 1.807) is 18.2 Å². The molecule has 0 fully saturated rings. The van der Waals surface area contributed by atoms with Crippen LogP contribution in [0.3, 0.4) is 0 Å². The zero-order valence-electron chi connectivity index (χ0n) is 10.1. The zero-order valence-corrected chi connectivity index (χ0v) is 10.9. The molecule has 19 heavy (non-hydrogen) atoms. The molecule has 0 aliphatic carbocycles. The second-order valence-corrected chi connectivity index (χ2v) is 4.77. The van der Waals surface area contributed by atoms with Crippen LogP contribution in [-0.2, 0) is 12.8 Å². The molecule has 0 saturated heterocycles. The summed E-state index contributed by atoms with van der Waals surface area (Å²) in [5.74, 6) is -1.80. The highest BCUT2D eigenvalue weighted by Crippen LogP contribution is 2.19. The third-order valence-electron chi connectivity index (χ3n) is 2.90. The van der Waals surface area contributed by atoms with E-state index in [0.717, 1.165) is 11.6 Å². The number of benzene rings is 2. The average molecular weight is 283 g/mol. The van der Waals surface area contributed by atoms with Crippen molar-refractivity contribution in [1.82, 2.24) is 0 Å². The summed E-state index contributed by atoms with van der Waals surface area (Å²) >= 11 is 5.98. The fraction of sp³-hybridized carbons (Fsp3) is 0.200. The molecule has 1 nitrogen and oxygen atoms in total. The van der Waals surface area contributed by atoms with Crippen LogP contribution in [0.1, 0.15) is 11.1 Å². The van der Waals surface area contributed by atoms with Crippen LogP contribution < -0.4 is 0 Å². The summed E-state index contributed by atoms with van der Waals surface area (Å²) in [6, 6.07) is 11.1. The Morgan fingerprint density at radius 2 is 1.58 bits per heavy atom. The summed E-state index contributed by atoms with van der Waals surface area (Å²) in [6.45, 7) is 0. The summed E-state index contributed by atoms with van der Waals surface area (Å²) in [6.07, 6.45) is -0.457. The van der Waals surface area contributed by atoms with Crippen LogP contribution in [0, 0.1) is 11.6 Å². The van der Waals surface area contributed by atoms with Crippen LogP contribution in [0.2, 0.25) is 5.02 Å². The normalized spacial score (nSPS) is 12.4. The maximum absolute atomic E-state index is 13.5. The van der Waals surface area contributed by atoms with Gasteiger partial charge >= 0.3 is 0 Å². The largest absolute Gasteiger partial charge is 0.392 e. The summed E-state index contributed by atoms with van der Waals surface area (Å²) in [5.41, 5.74) is 0.952. The Morgan fingerprint density at radius 3 is 2.32 bits per heavy atom. The monoisotopic (exact) mass is 282 g/mol. The van der Waals surface area contributed by atoms with Crippen molar-refractivity contribution in [3.63, 3.8) is 0 Å². The van der Waals surface area contributed by atoms with Crippen LogP contribution in [0.5, 0.6) is 0 Å². The van der Waals surface area contributed by atoms with Crippen molar-refractivity contribution in [3.8, 4) is 0 Å². The van der Waals surface area contributed by atoms with Gasteiger partial charge < -0.3 is 5.11 Å². The van der Waals surface area contributed by atoms with Gasteiger partial charge in [0.25, 0.3) is 0 Å². The van der Waals surface area contributed by atoms with Gasteiger partial charge in [0.2, 0.25) is 0 Å². The molecule has 0 aliphatic heterocycles. The van der Waals surface area contributed by atoms with E-state index in [-0.39, 0.29) is 12.0 Å².